The molecule has 1 heterocycles. The highest BCUT2D eigenvalue weighted by molar-refractivity contribution is 5.96. The van der Waals surface area contributed by atoms with Crippen molar-refractivity contribution >= 4 is 11.6 Å². The molecule has 1 amide bonds. The van der Waals surface area contributed by atoms with Crippen LogP contribution in [0.4, 0.5) is 5.69 Å². The number of β-amino-alcohol motifs (C(OH)–C–C–N with tert-alkyl or cyclic N) is 1. The van der Waals surface area contributed by atoms with Crippen LogP contribution in [0.15, 0.2) is 24.3 Å². The van der Waals surface area contributed by atoms with Gasteiger partial charge in [-0.05, 0) is 17.5 Å². The van der Waals surface area contributed by atoms with Crippen molar-refractivity contribution in [3.8, 4) is 0 Å². The van der Waals surface area contributed by atoms with Crippen LogP contribution in [0, 0.1) is 5.92 Å². The highest BCUT2D eigenvalue weighted by atomic mass is 16.3. The molecule has 0 aliphatic carbocycles. The molecular formula is C15H22N2O2. The van der Waals surface area contributed by atoms with Gasteiger partial charge in [0.05, 0.1) is 12.6 Å². The van der Waals surface area contributed by atoms with Gasteiger partial charge < -0.3 is 10.4 Å². The molecule has 2 N–H and O–H groups in total. The molecule has 1 aliphatic heterocycles. The van der Waals surface area contributed by atoms with Gasteiger partial charge in [0.25, 0.3) is 0 Å². The van der Waals surface area contributed by atoms with Crippen molar-refractivity contribution in [3.05, 3.63) is 29.8 Å². The lowest BCUT2D eigenvalue weighted by Gasteiger charge is -2.31. The number of aliphatic hydroxyl groups excluding tert-OH is 1. The maximum atomic E-state index is 12.4. The van der Waals surface area contributed by atoms with E-state index in [0.717, 1.165) is 17.7 Å². The first kappa shape index (κ1) is 14.0. The summed E-state index contributed by atoms with van der Waals surface area (Å²) in [4.78, 5) is 14.5. The maximum absolute atomic E-state index is 12.4. The molecule has 0 bridgehead atoms. The molecule has 0 radical (unpaired) electrons. The van der Waals surface area contributed by atoms with E-state index in [4.69, 9.17) is 0 Å². The number of hydrogen-bond acceptors (Lipinski definition) is 3. The minimum absolute atomic E-state index is 0.0350. The van der Waals surface area contributed by atoms with Crippen LogP contribution in [0.1, 0.15) is 25.8 Å². The van der Waals surface area contributed by atoms with Gasteiger partial charge in [-0.3, -0.25) is 9.69 Å². The molecule has 104 valence electrons. The third kappa shape index (κ3) is 2.96. The summed E-state index contributed by atoms with van der Waals surface area (Å²) in [6.07, 6.45) is 0.941. The second kappa shape index (κ2) is 6.17. The Kier molecular flexibility index (Phi) is 4.56. The molecule has 4 heteroatoms. The predicted octanol–water partition coefficient (Wildman–Crippen LogP) is 1.85. The molecule has 0 fully saturated rings. The number of nitrogens with one attached hydrogen (secondary N) is 1. The third-order valence-corrected chi connectivity index (χ3v) is 3.88. The first-order valence-corrected chi connectivity index (χ1v) is 6.91. The number of benzene rings is 1. The largest absolute Gasteiger partial charge is 0.395 e. The van der Waals surface area contributed by atoms with E-state index >= 15 is 0 Å². The van der Waals surface area contributed by atoms with Crippen LogP contribution in [0.2, 0.25) is 0 Å². The van der Waals surface area contributed by atoms with Gasteiger partial charge in [-0.2, -0.15) is 0 Å². The molecule has 4 nitrogen and oxygen atoms in total. The summed E-state index contributed by atoms with van der Waals surface area (Å²) in [6.45, 7) is 5.47. The molecule has 19 heavy (non-hydrogen) atoms. The third-order valence-electron chi connectivity index (χ3n) is 3.88. The minimum atomic E-state index is -0.176. The number of hydrogen-bond donors (Lipinski definition) is 2. The summed E-state index contributed by atoms with van der Waals surface area (Å²) in [5.41, 5.74) is 2.00. The normalized spacial score (nSPS) is 21.4. The number of carbonyl (C=O) groups excluding carboxylic acids is 1. The topological polar surface area (TPSA) is 52.6 Å². The lowest BCUT2D eigenvalue weighted by atomic mass is 9.97. The fourth-order valence-corrected chi connectivity index (χ4v) is 2.66. The standard InChI is InChI=1S/C15H22N2O2/c1-3-11(2)14-15(19)16-13-7-5-4-6-12(13)10-17(14)8-9-18/h4-7,11,14,18H,3,8-10H2,1-2H3,(H,16,19)/t11?,14-/m0/s1. The van der Waals surface area contributed by atoms with Crippen LogP contribution >= 0.6 is 0 Å². The van der Waals surface area contributed by atoms with Crippen molar-refractivity contribution < 1.29 is 9.90 Å². The summed E-state index contributed by atoms with van der Waals surface area (Å²) in [5, 5.41) is 12.3. The lowest BCUT2D eigenvalue weighted by molar-refractivity contribution is -0.123. The number of rotatable bonds is 4. The van der Waals surface area contributed by atoms with Crippen LogP contribution in [-0.2, 0) is 11.3 Å². The van der Waals surface area contributed by atoms with Crippen LogP contribution in [0.25, 0.3) is 0 Å². The quantitative estimate of drug-likeness (QED) is 0.870. The maximum Gasteiger partial charge on any atom is 0.242 e. The number of aliphatic hydroxyl groups is 1. The van der Waals surface area contributed by atoms with E-state index in [1.165, 1.54) is 0 Å². The van der Waals surface area contributed by atoms with Crippen molar-refractivity contribution in [2.75, 3.05) is 18.5 Å². The minimum Gasteiger partial charge on any atom is -0.395 e. The van der Waals surface area contributed by atoms with E-state index in [2.05, 4.69) is 24.1 Å². The molecule has 2 rings (SSSR count). The van der Waals surface area contributed by atoms with Crippen molar-refractivity contribution in [1.82, 2.24) is 4.90 Å². The molecule has 1 aromatic carbocycles. The van der Waals surface area contributed by atoms with Crippen LogP contribution < -0.4 is 5.32 Å². The predicted molar refractivity (Wildman–Crippen MR) is 75.8 cm³/mol. The number of anilines is 1. The number of nitrogens with zero attached hydrogens (tertiary/aromatic N) is 1. The Balaban J connectivity index is 2.33. The molecule has 1 unspecified atom stereocenters. The Labute approximate surface area is 114 Å². The molecule has 0 saturated carbocycles. The van der Waals surface area contributed by atoms with Crippen molar-refractivity contribution in [2.24, 2.45) is 5.92 Å². The van der Waals surface area contributed by atoms with Crippen LogP contribution in [0.5, 0.6) is 0 Å². The second-order valence-electron chi connectivity index (χ2n) is 5.17. The smallest absolute Gasteiger partial charge is 0.242 e. The zero-order chi connectivity index (χ0) is 13.8. The first-order chi connectivity index (χ1) is 9.17. The van der Waals surface area contributed by atoms with Crippen molar-refractivity contribution in [1.29, 1.82) is 0 Å². The van der Waals surface area contributed by atoms with Gasteiger partial charge in [-0.15, -0.1) is 0 Å². The van der Waals surface area contributed by atoms with Gasteiger partial charge >= 0.3 is 0 Å². The Morgan fingerprint density at radius 1 is 1.47 bits per heavy atom. The molecule has 2 atom stereocenters. The highest BCUT2D eigenvalue weighted by Crippen LogP contribution is 2.26. The summed E-state index contributed by atoms with van der Waals surface area (Å²) < 4.78 is 0. The summed E-state index contributed by atoms with van der Waals surface area (Å²) in [5.74, 6) is 0.300. The lowest BCUT2D eigenvalue weighted by Crippen LogP contribution is -2.47. The van der Waals surface area contributed by atoms with E-state index in [0.29, 0.717) is 13.1 Å². The number of carbonyl (C=O) groups is 1. The highest BCUT2D eigenvalue weighted by Gasteiger charge is 2.33. The number of para-hydroxylation sites is 1. The molecule has 0 saturated heterocycles. The number of fused-ring (bicyclic) bond motifs is 1. The van der Waals surface area contributed by atoms with Crippen LogP contribution in [-0.4, -0.2) is 35.1 Å². The summed E-state index contributed by atoms with van der Waals surface area (Å²) >= 11 is 0. The Hall–Kier alpha value is -1.39. The zero-order valence-corrected chi connectivity index (χ0v) is 11.6. The van der Waals surface area contributed by atoms with Gasteiger partial charge in [0.15, 0.2) is 0 Å². The molecular weight excluding hydrogens is 240 g/mol. The van der Waals surface area contributed by atoms with Crippen LogP contribution in [0.3, 0.4) is 0 Å². The average Bonchev–Trinajstić information content (AvgIpc) is 2.54. The van der Waals surface area contributed by atoms with E-state index in [1.807, 2.05) is 24.3 Å². The Bertz CT molecular complexity index is 448. The Morgan fingerprint density at radius 2 is 2.21 bits per heavy atom. The molecule has 0 aromatic heterocycles. The zero-order valence-electron chi connectivity index (χ0n) is 11.6. The van der Waals surface area contributed by atoms with E-state index in [1.54, 1.807) is 0 Å². The Morgan fingerprint density at radius 3 is 2.89 bits per heavy atom. The van der Waals surface area contributed by atoms with E-state index < -0.39 is 0 Å². The molecule has 1 aliphatic rings. The average molecular weight is 262 g/mol. The van der Waals surface area contributed by atoms with Crippen molar-refractivity contribution in [2.45, 2.75) is 32.9 Å². The molecule has 0 spiro atoms. The molecule has 1 aromatic rings. The first-order valence-electron chi connectivity index (χ1n) is 6.91. The van der Waals surface area contributed by atoms with Gasteiger partial charge in [-0.1, -0.05) is 38.5 Å². The van der Waals surface area contributed by atoms with Crippen molar-refractivity contribution in [3.63, 3.8) is 0 Å². The van der Waals surface area contributed by atoms with Gasteiger partial charge in [0.1, 0.15) is 0 Å². The fraction of sp³-hybridized carbons (Fsp3) is 0.533. The monoisotopic (exact) mass is 262 g/mol. The van der Waals surface area contributed by atoms with Gasteiger partial charge in [0, 0.05) is 18.8 Å². The SMILES string of the molecule is CCC(C)[C@H]1C(=O)Nc2ccccc2CN1CCO. The van der Waals surface area contributed by atoms with Gasteiger partial charge in [0.2, 0.25) is 5.91 Å². The fourth-order valence-electron chi connectivity index (χ4n) is 2.66. The van der Waals surface area contributed by atoms with E-state index in [-0.39, 0.29) is 24.5 Å². The summed E-state index contributed by atoms with van der Waals surface area (Å²) in [6, 6.07) is 7.69. The second-order valence-corrected chi connectivity index (χ2v) is 5.17. The van der Waals surface area contributed by atoms with E-state index in [9.17, 15) is 9.90 Å². The summed E-state index contributed by atoms with van der Waals surface area (Å²) in [7, 11) is 0. The van der Waals surface area contributed by atoms with Gasteiger partial charge in [-0.25, -0.2) is 0 Å². The number of amides is 1.